The van der Waals surface area contributed by atoms with Crippen LogP contribution in [0.2, 0.25) is 0 Å². The van der Waals surface area contributed by atoms with E-state index in [1.54, 1.807) is 24.3 Å². The summed E-state index contributed by atoms with van der Waals surface area (Å²) in [6, 6.07) is 12.6. The van der Waals surface area contributed by atoms with Crippen LogP contribution in [0, 0.1) is 12.3 Å². The quantitative estimate of drug-likeness (QED) is 0.431. The molecule has 0 spiro atoms. The van der Waals surface area contributed by atoms with Gasteiger partial charge in [0.1, 0.15) is 24.2 Å². The minimum absolute atomic E-state index is 0.114. The first-order chi connectivity index (χ1) is 14.9. The standard InChI is InChI=1S/C24H22O7/c1-4-16(25)13-31-20-10-7-15(11-19(20)27)22-21(29-2)12-18(24(30-3)23(22)28)14-5-8-17(26)9-6-14/h1,5-12,16,25-28H,13H2,2-3H3. The molecule has 3 aromatic carbocycles. The van der Waals surface area contributed by atoms with Gasteiger partial charge in [0.15, 0.2) is 23.0 Å². The van der Waals surface area contributed by atoms with Crippen molar-refractivity contribution in [2.24, 2.45) is 0 Å². The molecule has 7 heteroatoms. The average Bonchev–Trinajstić information content (AvgIpc) is 2.77. The topological polar surface area (TPSA) is 109 Å². The van der Waals surface area contributed by atoms with Crippen LogP contribution in [0.4, 0.5) is 0 Å². The average molecular weight is 422 g/mol. The van der Waals surface area contributed by atoms with Crippen LogP contribution in [-0.2, 0) is 0 Å². The summed E-state index contributed by atoms with van der Waals surface area (Å²) in [6.45, 7) is -0.173. The Balaban J connectivity index is 2.08. The van der Waals surface area contributed by atoms with E-state index in [1.807, 2.05) is 0 Å². The number of phenols is 3. The van der Waals surface area contributed by atoms with E-state index in [-0.39, 0.29) is 35.4 Å². The predicted molar refractivity (Wildman–Crippen MR) is 116 cm³/mol. The molecule has 0 aliphatic carbocycles. The van der Waals surface area contributed by atoms with Crippen LogP contribution in [0.1, 0.15) is 0 Å². The van der Waals surface area contributed by atoms with Gasteiger partial charge in [0.25, 0.3) is 0 Å². The Morgan fingerprint density at radius 1 is 0.903 bits per heavy atom. The molecule has 3 aromatic rings. The van der Waals surface area contributed by atoms with Crippen molar-refractivity contribution in [1.82, 2.24) is 0 Å². The Bertz CT molecular complexity index is 1110. The maximum atomic E-state index is 11.0. The Morgan fingerprint density at radius 2 is 1.58 bits per heavy atom. The fourth-order valence-electron chi connectivity index (χ4n) is 3.14. The number of hydrogen-bond acceptors (Lipinski definition) is 7. The molecule has 31 heavy (non-hydrogen) atoms. The number of rotatable bonds is 7. The van der Waals surface area contributed by atoms with Crippen LogP contribution in [0.15, 0.2) is 48.5 Å². The number of terminal acetylenes is 1. The van der Waals surface area contributed by atoms with Crippen molar-refractivity contribution < 1.29 is 34.6 Å². The zero-order valence-electron chi connectivity index (χ0n) is 17.0. The van der Waals surface area contributed by atoms with Gasteiger partial charge < -0.3 is 34.6 Å². The van der Waals surface area contributed by atoms with Crippen molar-refractivity contribution >= 4 is 0 Å². The summed E-state index contributed by atoms with van der Waals surface area (Å²) in [5.74, 6) is 2.53. The number of benzene rings is 3. The number of aliphatic hydroxyl groups excluding tert-OH is 1. The molecule has 0 aliphatic rings. The van der Waals surface area contributed by atoms with Crippen molar-refractivity contribution in [3.63, 3.8) is 0 Å². The first-order valence-electron chi connectivity index (χ1n) is 9.27. The van der Waals surface area contributed by atoms with Gasteiger partial charge in [-0.3, -0.25) is 0 Å². The highest BCUT2D eigenvalue weighted by atomic mass is 16.5. The SMILES string of the molecule is C#CC(O)COc1ccc(-c2c(OC)cc(-c3ccc(O)cc3)c(OC)c2O)cc1O. The molecular weight excluding hydrogens is 400 g/mol. The molecular formula is C24H22O7. The lowest BCUT2D eigenvalue weighted by Gasteiger charge is -2.18. The molecule has 0 aromatic heterocycles. The van der Waals surface area contributed by atoms with E-state index < -0.39 is 6.10 Å². The third kappa shape index (κ3) is 4.44. The van der Waals surface area contributed by atoms with Crippen molar-refractivity contribution in [2.45, 2.75) is 6.10 Å². The fourth-order valence-corrected chi connectivity index (χ4v) is 3.14. The van der Waals surface area contributed by atoms with Gasteiger partial charge >= 0.3 is 0 Å². The van der Waals surface area contributed by atoms with E-state index in [2.05, 4.69) is 5.92 Å². The Morgan fingerprint density at radius 3 is 2.16 bits per heavy atom. The molecule has 0 bridgehead atoms. The highest BCUT2D eigenvalue weighted by Crippen LogP contribution is 2.50. The molecule has 1 unspecified atom stereocenters. The highest BCUT2D eigenvalue weighted by molar-refractivity contribution is 5.88. The lowest BCUT2D eigenvalue weighted by atomic mass is 9.96. The summed E-state index contributed by atoms with van der Waals surface area (Å²) in [6.07, 6.45) is 4.01. The molecule has 4 N–H and O–H groups in total. The van der Waals surface area contributed by atoms with Crippen molar-refractivity contribution in [2.75, 3.05) is 20.8 Å². The van der Waals surface area contributed by atoms with Gasteiger partial charge in [-0.05, 0) is 41.5 Å². The summed E-state index contributed by atoms with van der Waals surface area (Å²) in [5.41, 5.74) is 2.03. The van der Waals surface area contributed by atoms with Crippen molar-refractivity contribution in [3.05, 3.63) is 48.5 Å². The second kappa shape index (κ2) is 9.20. The van der Waals surface area contributed by atoms with Crippen LogP contribution >= 0.6 is 0 Å². The van der Waals surface area contributed by atoms with Crippen LogP contribution in [0.5, 0.6) is 34.5 Å². The Hall–Kier alpha value is -4.02. The highest BCUT2D eigenvalue weighted by Gasteiger charge is 2.22. The second-order valence-electron chi connectivity index (χ2n) is 6.61. The van der Waals surface area contributed by atoms with Gasteiger partial charge in [-0.1, -0.05) is 24.1 Å². The molecule has 160 valence electrons. The fraction of sp³-hybridized carbons (Fsp3) is 0.167. The summed E-state index contributed by atoms with van der Waals surface area (Å²) in [7, 11) is 2.89. The van der Waals surface area contributed by atoms with Gasteiger partial charge in [0.05, 0.1) is 19.8 Å². The maximum Gasteiger partial charge on any atom is 0.170 e. The van der Waals surface area contributed by atoms with Crippen molar-refractivity contribution in [3.8, 4) is 69.1 Å². The predicted octanol–water partition coefficient (Wildman–Crippen LogP) is 3.53. The number of aliphatic hydroxyl groups is 1. The van der Waals surface area contributed by atoms with E-state index >= 15 is 0 Å². The molecule has 0 radical (unpaired) electrons. The van der Waals surface area contributed by atoms with E-state index in [0.29, 0.717) is 28.0 Å². The van der Waals surface area contributed by atoms with Crippen LogP contribution < -0.4 is 14.2 Å². The zero-order valence-corrected chi connectivity index (χ0v) is 17.0. The van der Waals surface area contributed by atoms with E-state index in [9.17, 15) is 20.4 Å². The van der Waals surface area contributed by atoms with Gasteiger partial charge in [0.2, 0.25) is 0 Å². The first kappa shape index (κ1) is 21.7. The van der Waals surface area contributed by atoms with Gasteiger partial charge in [-0.15, -0.1) is 6.42 Å². The number of methoxy groups -OCH3 is 2. The third-order valence-electron chi connectivity index (χ3n) is 4.66. The normalized spacial score (nSPS) is 11.4. The minimum atomic E-state index is -1.10. The smallest absolute Gasteiger partial charge is 0.170 e. The largest absolute Gasteiger partial charge is 0.508 e. The molecule has 7 nitrogen and oxygen atoms in total. The summed E-state index contributed by atoms with van der Waals surface area (Å²) in [4.78, 5) is 0. The summed E-state index contributed by atoms with van der Waals surface area (Å²) in [5, 5.41) is 40.3. The van der Waals surface area contributed by atoms with E-state index in [0.717, 1.165) is 0 Å². The first-order valence-corrected chi connectivity index (χ1v) is 9.27. The second-order valence-corrected chi connectivity index (χ2v) is 6.61. The van der Waals surface area contributed by atoms with Gasteiger partial charge in [0, 0.05) is 5.56 Å². The molecule has 3 rings (SSSR count). The van der Waals surface area contributed by atoms with E-state index in [1.165, 1.54) is 38.5 Å². The molecule has 0 aliphatic heterocycles. The Labute approximate surface area is 179 Å². The Kier molecular flexibility index (Phi) is 6.43. The molecule has 0 fully saturated rings. The minimum Gasteiger partial charge on any atom is -0.508 e. The summed E-state index contributed by atoms with van der Waals surface area (Å²) < 4.78 is 16.3. The van der Waals surface area contributed by atoms with Crippen LogP contribution in [0.25, 0.3) is 22.3 Å². The maximum absolute atomic E-state index is 11.0. The number of hydrogen-bond donors (Lipinski definition) is 4. The van der Waals surface area contributed by atoms with E-state index in [4.69, 9.17) is 20.6 Å². The number of phenolic OH excluding ortho intramolecular Hbond substituents is 3. The number of aromatic hydroxyl groups is 3. The monoisotopic (exact) mass is 422 g/mol. The molecule has 0 heterocycles. The van der Waals surface area contributed by atoms with Crippen LogP contribution in [-0.4, -0.2) is 47.4 Å². The van der Waals surface area contributed by atoms with Crippen LogP contribution in [0.3, 0.4) is 0 Å². The van der Waals surface area contributed by atoms with Gasteiger partial charge in [-0.2, -0.15) is 0 Å². The molecule has 0 amide bonds. The number of ether oxygens (including phenoxy) is 3. The van der Waals surface area contributed by atoms with Crippen molar-refractivity contribution in [1.29, 1.82) is 0 Å². The third-order valence-corrected chi connectivity index (χ3v) is 4.66. The summed E-state index contributed by atoms with van der Waals surface area (Å²) >= 11 is 0. The molecule has 1 atom stereocenters. The molecule has 0 saturated heterocycles. The lowest BCUT2D eigenvalue weighted by molar-refractivity contribution is 0.149. The van der Waals surface area contributed by atoms with Gasteiger partial charge in [-0.25, -0.2) is 0 Å². The zero-order chi connectivity index (χ0) is 22.5. The lowest BCUT2D eigenvalue weighted by Crippen LogP contribution is -2.14. The molecule has 0 saturated carbocycles.